The van der Waals surface area contributed by atoms with Crippen LogP contribution in [0.2, 0.25) is 0 Å². The zero-order valence-electron chi connectivity index (χ0n) is 12.2. The third-order valence-electron chi connectivity index (χ3n) is 4.50. The lowest BCUT2D eigenvalue weighted by atomic mass is 9.92. The first-order chi connectivity index (χ1) is 8.56. The van der Waals surface area contributed by atoms with Gasteiger partial charge in [0.1, 0.15) is 0 Å². The number of likely N-dealkylation sites (tertiary alicyclic amines) is 2. The molecule has 0 spiro atoms. The van der Waals surface area contributed by atoms with Crippen molar-refractivity contribution in [3.05, 3.63) is 0 Å². The van der Waals surface area contributed by atoms with Gasteiger partial charge in [-0.2, -0.15) is 0 Å². The normalized spacial score (nSPS) is 34.6. The second-order valence-corrected chi connectivity index (χ2v) is 6.56. The molecule has 1 amide bonds. The molecule has 0 aromatic rings. The molecule has 3 nitrogen and oxygen atoms in total. The molecule has 2 rings (SSSR count). The average Bonchev–Trinajstić information content (AvgIpc) is 2.31. The molecule has 3 unspecified atom stereocenters. The van der Waals surface area contributed by atoms with Crippen LogP contribution in [0.25, 0.3) is 0 Å². The predicted molar refractivity (Wildman–Crippen MR) is 74.4 cm³/mol. The van der Waals surface area contributed by atoms with Crippen LogP contribution in [0, 0.1) is 11.8 Å². The van der Waals surface area contributed by atoms with Gasteiger partial charge in [0, 0.05) is 19.1 Å². The first-order valence-electron chi connectivity index (χ1n) is 7.58. The Morgan fingerprint density at radius 3 is 2.39 bits per heavy atom. The van der Waals surface area contributed by atoms with Crippen LogP contribution in [-0.2, 0) is 4.79 Å². The monoisotopic (exact) mass is 252 g/mol. The summed E-state index contributed by atoms with van der Waals surface area (Å²) in [6.07, 6.45) is 5.10. The molecular formula is C15H28N2O. The standard InChI is InChI=1S/C15H28N2O/c1-12-8-13(2)10-17(9-12)15(18)11-16-7-5-4-6-14(16)3/h12-14H,4-11H2,1-3H3. The number of amides is 1. The van der Waals surface area contributed by atoms with Crippen LogP contribution in [0.15, 0.2) is 0 Å². The van der Waals surface area contributed by atoms with Crippen LogP contribution in [0.3, 0.4) is 0 Å². The number of carbonyl (C=O) groups excluding carboxylic acids is 1. The minimum Gasteiger partial charge on any atom is -0.341 e. The maximum Gasteiger partial charge on any atom is 0.236 e. The van der Waals surface area contributed by atoms with Gasteiger partial charge in [0.05, 0.1) is 6.54 Å². The molecule has 0 aliphatic carbocycles. The SMILES string of the molecule is CC1CC(C)CN(C(=O)CN2CCCCC2C)C1. The smallest absolute Gasteiger partial charge is 0.236 e. The molecule has 2 heterocycles. The Balaban J connectivity index is 1.86. The van der Waals surface area contributed by atoms with Gasteiger partial charge in [-0.25, -0.2) is 0 Å². The molecule has 0 aromatic heterocycles. The van der Waals surface area contributed by atoms with Gasteiger partial charge in [0.2, 0.25) is 5.91 Å². The highest BCUT2D eigenvalue weighted by molar-refractivity contribution is 5.78. The molecule has 2 fully saturated rings. The van der Waals surface area contributed by atoms with Crippen molar-refractivity contribution >= 4 is 5.91 Å². The van der Waals surface area contributed by atoms with Gasteiger partial charge in [0.25, 0.3) is 0 Å². The van der Waals surface area contributed by atoms with Crippen LogP contribution in [0.4, 0.5) is 0 Å². The van der Waals surface area contributed by atoms with E-state index in [0.29, 0.717) is 30.3 Å². The lowest BCUT2D eigenvalue weighted by molar-refractivity contribution is -0.136. The van der Waals surface area contributed by atoms with E-state index < -0.39 is 0 Å². The summed E-state index contributed by atoms with van der Waals surface area (Å²) in [5, 5.41) is 0. The largest absolute Gasteiger partial charge is 0.341 e. The van der Waals surface area contributed by atoms with Crippen molar-refractivity contribution in [3.63, 3.8) is 0 Å². The maximum absolute atomic E-state index is 12.4. The second kappa shape index (κ2) is 6.05. The summed E-state index contributed by atoms with van der Waals surface area (Å²) < 4.78 is 0. The average molecular weight is 252 g/mol. The number of piperidine rings is 2. The molecule has 0 saturated carbocycles. The summed E-state index contributed by atoms with van der Waals surface area (Å²) in [5.74, 6) is 1.68. The lowest BCUT2D eigenvalue weighted by Crippen LogP contribution is -2.49. The third-order valence-corrected chi connectivity index (χ3v) is 4.50. The Morgan fingerprint density at radius 1 is 1.11 bits per heavy atom. The van der Waals surface area contributed by atoms with E-state index in [1.807, 2.05) is 0 Å². The van der Waals surface area contributed by atoms with Gasteiger partial charge in [-0.15, -0.1) is 0 Å². The number of carbonyl (C=O) groups is 1. The van der Waals surface area contributed by atoms with Crippen molar-refractivity contribution < 1.29 is 4.79 Å². The van der Waals surface area contributed by atoms with Crippen molar-refractivity contribution in [1.29, 1.82) is 0 Å². The van der Waals surface area contributed by atoms with Crippen LogP contribution in [0.1, 0.15) is 46.5 Å². The summed E-state index contributed by atoms with van der Waals surface area (Å²) in [6.45, 7) is 10.5. The number of rotatable bonds is 2. The molecule has 0 N–H and O–H groups in total. The fourth-order valence-electron chi connectivity index (χ4n) is 3.53. The Hall–Kier alpha value is -0.570. The van der Waals surface area contributed by atoms with Gasteiger partial charge in [-0.05, 0) is 44.6 Å². The molecule has 3 heteroatoms. The van der Waals surface area contributed by atoms with Crippen molar-refractivity contribution in [2.75, 3.05) is 26.2 Å². The minimum absolute atomic E-state index is 0.349. The quantitative estimate of drug-likeness (QED) is 0.753. The molecule has 104 valence electrons. The van der Waals surface area contributed by atoms with Gasteiger partial charge in [-0.1, -0.05) is 20.3 Å². The third kappa shape index (κ3) is 3.47. The Kier molecular flexibility index (Phi) is 4.66. The topological polar surface area (TPSA) is 23.6 Å². The molecule has 0 aromatic carbocycles. The van der Waals surface area contributed by atoms with E-state index in [4.69, 9.17) is 0 Å². The summed E-state index contributed by atoms with van der Waals surface area (Å²) in [5.41, 5.74) is 0. The van der Waals surface area contributed by atoms with Crippen LogP contribution in [0.5, 0.6) is 0 Å². The molecule has 0 bridgehead atoms. The van der Waals surface area contributed by atoms with Gasteiger partial charge >= 0.3 is 0 Å². The van der Waals surface area contributed by atoms with Crippen molar-refractivity contribution in [2.24, 2.45) is 11.8 Å². The molecule has 2 aliphatic rings. The van der Waals surface area contributed by atoms with E-state index >= 15 is 0 Å². The molecule has 3 atom stereocenters. The molecule has 2 aliphatic heterocycles. The highest BCUT2D eigenvalue weighted by Gasteiger charge is 2.28. The Morgan fingerprint density at radius 2 is 1.78 bits per heavy atom. The first-order valence-corrected chi connectivity index (χ1v) is 7.58. The molecule has 18 heavy (non-hydrogen) atoms. The summed E-state index contributed by atoms with van der Waals surface area (Å²) in [6, 6.07) is 0.585. The fraction of sp³-hybridized carbons (Fsp3) is 0.933. The van der Waals surface area contributed by atoms with Crippen LogP contribution < -0.4 is 0 Å². The van der Waals surface area contributed by atoms with Gasteiger partial charge < -0.3 is 4.90 Å². The molecular weight excluding hydrogens is 224 g/mol. The number of nitrogens with zero attached hydrogens (tertiary/aromatic N) is 2. The molecule has 2 saturated heterocycles. The Bertz CT molecular complexity index is 282. The van der Waals surface area contributed by atoms with Crippen molar-refractivity contribution in [1.82, 2.24) is 9.80 Å². The van der Waals surface area contributed by atoms with Gasteiger partial charge in [-0.3, -0.25) is 9.69 Å². The highest BCUT2D eigenvalue weighted by atomic mass is 16.2. The van der Waals surface area contributed by atoms with Crippen LogP contribution >= 0.6 is 0 Å². The molecule has 0 radical (unpaired) electrons. The zero-order chi connectivity index (χ0) is 13.1. The summed E-state index contributed by atoms with van der Waals surface area (Å²) in [4.78, 5) is 16.9. The maximum atomic E-state index is 12.4. The van der Waals surface area contributed by atoms with Gasteiger partial charge in [0.15, 0.2) is 0 Å². The lowest BCUT2D eigenvalue weighted by Gasteiger charge is -2.38. The van der Waals surface area contributed by atoms with Crippen molar-refractivity contribution in [3.8, 4) is 0 Å². The summed E-state index contributed by atoms with van der Waals surface area (Å²) >= 11 is 0. The highest BCUT2D eigenvalue weighted by Crippen LogP contribution is 2.22. The zero-order valence-corrected chi connectivity index (χ0v) is 12.2. The minimum atomic E-state index is 0.349. The first kappa shape index (κ1) is 13.9. The van der Waals surface area contributed by atoms with E-state index in [1.54, 1.807) is 0 Å². The van der Waals surface area contributed by atoms with E-state index in [1.165, 1.54) is 25.7 Å². The van der Waals surface area contributed by atoms with E-state index in [9.17, 15) is 4.79 Å². The summed E-state index contributed by atoms with van der Waals surface area (Å²) in [7, 11) is 0. The fourth-order valence-corrected chi connectivity index (χ4v) is 3.53. The Labute approximate surface area is 112 Å². The van der Waals surface area contributed by atoms with E-state index in [2.05, 4.69) is 30.6 Å². The number of hydrogen-bond donors (Lipinski definition) is 0. The number of hydrogen-bond acceptors (Lipinski definition) is 2. The van der Waals surface area contributed by atoms with E-state index in [0.717, 1.165) is 19.6 Å². The predicted octanol–water partition coefficient (Wildman–Crippen LogP) is 2.37. The van der Waals surface area contributed by atoms with E-state index in [-0.39, 0.29) is 0 Å². The second-order valence-electron chi connectivity index (χ2n) is 6.56. The van der Waals surface area contributed by atoms with Crippen molar-refractivity contribution in [2.45, 2.75) is 52.5 Å². The van der Waals surface area contributed by atoms with Crippen LogP contribution in [-0.4, -0.2) is 47.9 Å².